The zero-order valence-electron chi connectivity index (χ0n) is 8.75. The molecule has 1 aromatic carbocycles. The van der Waals surface area contributed by atoms with Gasteiger partial charge >= 0.3 is 5.97 Å². The first kappa shape index (κ1) is 10.1. The fraction of sp³-hybridized carbons (Fsp3) is 0.417. The van der Waals surface area contributed by atoms with Gasteiger partial charge in [0.1, 0.15) is 5.82 Å². The highest BCUT2D eigenvalue weighted by Crippen LogP contribution is 2.45. The summed E-state index contributed by atoms with van der Waals surface area (Å²) in [5.41, 5.74) is 1.34. The van der Waals surface area contributed by atoms with Gasteiger partial charge in [0.2, 0.25) is 0 Å². The molecule has 0 saturated heterocycles. The van der Waals surface area contributed by atoms with Crippen LogP contribution in [0.4, 0.5) is 4.39 Å². The largest absolute Gasteiger partial charge is 0.481 e. The first-order valence-electron chi connectivity index (χ1n) is 4.94. The molecule has 0 aliphatic heterocycles. The Kier molecular flexibility index (Phi) is 2.07. The lowest BCUT2D eigenvalue weighted by atomic mass is 9.86. The molecule has 0 aromatic heterocycles. The van der Waals surface area contributed by atoms with Crippen molar-refractivity contribution < 1.29 is 14.3 Å². The number of carboxylic acids is 1. The van der Waals surface area contributed by atoms with Gasteiger partial charge in [0.05, 0.1) is 5.92 Å². The molecule has 2 rings (SSSR count). The van der Waals surface area contributed by atoms with Crippen LogP contribution >= 0.6 is 0 Å². The Morgan fingerprint density at radius 2 is 2.20 bits per heavy atom. The van der Waals surface area contributed by atoms with Crippen molar-refractivity contribution in [1.82, 2.24) is 0 Å². The minimum absolute atomic E-state index is 0.250. The molecule has 0 bridgehead atoms. The minimum atomic E-state index is -0.826. The van der Waals surface area contributed by atoms with Crippen LogP contribution in [0.1, 0.15) is 37.3 Å². The van der Waals surface area contributed by atoms with Gasteiger partial charge in [-0.25, -0.2) is 4.39 Å². The van der Waals surface area contributed by atoms with Crippen LogP contribution in [0.25, 0.3) is 0 Å². The number of benzene rings is 1. The van der Waals surface area contributed by atoms with E-state index in [1.807, 2.05) is 13.8 Å². The number of halogens is 1. The molecule has 15 heavy (non-hydrogen) atoms. The topological polar surface area (TPSA) is 37.3 Å². The number of hydrogen-bond donors (Lipinski definition) is 1. The monoisotopic (exact) mass is 208 g/mol. The highest BCUT2D eigenvalue weighted by molar-refractivity contribution is 5.78. The van der Waals surface area contributed by atoms with Crippen LogP contribution in [-0.2, 0) is 10.2 Å². The number of rotatable bonds is 1. The van der Waals surface area contributed by atoms with E-state index in [0.29, 0.717) is 6.42 Å². The van der Waals surface area contributed by atoms with Crippen LogP contribution in [0.5, 0.6) is 0 Å². The van der Waals surface area contributed by atoms with Gasteiger partial charge in [-0.15, -0.1) is 0 Å². The van der Waals surface area contributed by atoms with Gasteiger partial charge in [0.15, 0.2) is 0 Å². The average Bonchev–Trinajstić information content (AvgIpc) is 2.39. The first-order chi connectivity index (χ1) is 6.92. The van der Waals surface area contributed by atoms with Gasteiger partial charge in [0.25, 0.3) is 0 Å². The predicted octanol–water partition coefficient (Wildman–Crippen LogP) is 2.68. The highest BCUT2D eigenvalue weighted by atomic mass is 19.1. The number of fused-ring (bicyclic) bond motifs is 1. The van der Waals surface area contributed by atoms with Crippen LogP contribution in [0, 0.1) is 5.82 Å². The molecule has 1 aliphatic carbocycles. The Balaban J connectivity index is 2.58. The van der Waals surface area contributed by atoms with Gasteiger partial charge in [-0.3, -0.25) is 4.79 Å². The van der Waals surface area contributed by atoms with Gasteiger partial charge < -0.3 is 5.11 Å². The fourth-order valence-electron chi connectivity index (χ4n) is 2.37. The van der Waals surface area contributed by atoms with E-state index in [2.05, 4.69) is 0 Å². The van der Waals surface area contributed by atoms with Crippen LogP contribution < -0.4 is 0 Å². The lowest BCUT2D eigenvalue weighted by molar-refractivity contribution is -0.139. The summed E-state index contributed by atoms with van der Waals surface area (Å²) < 4.78 is 13.1. The maximum absolute atomic E-state index is 13.1. The number of hydrogen-bond acceptors (Lipinski definition) is 1. The summed E-state index contributed by atoms with van der Waals surface area (Å²) >= 11 is 0. The molecule has 0 saturated carbocycles. The summed E-state index contributed by atoms with van der Waals surface area (Å²) in [6.07, 6.45) is 0.543. The highest BCUT2D eigenvalue weighted by Gasteiger charge is 2.40. The second kappa shape index (κ2) is 3.05. The summed E-state index contributed by atoms with van der Waals surface area (Å²) in [6.45, 7) is 3.91. The Morgan fingerprint density at radius 3 is 2.80 bits per heavy atom. The van der Waals surface area contributed by atoms with Crippen molar-refractivity contribution in [3.05, 3.63) is 35.1 Å². The van der Waals surface area contributed by atoms with Crippen molar-refractivity contribution in [3.63, 3.8) is 0 Å². The molecule has 0 amide bonds. The SMILES string of the molecule is CC1(C)CC(C(=O)O)c2ccc(F)cc21. The predicted molar refractivity (Wildman–Crippen MR) is 54.4 cm³/mol. The van der Waals surface area contributed by atoms with E-state index in [4.69, 9.17) is 5.11 Å². The smallest absolute Gasteiger partial charge is 0.311 e. The van der Waals surface area contributed by atoms with E-state index in [0.717, 1.165) is 11.1 Å². The summed E-state index contributed by atoms with van der Waals surface area (Å²) in [6, 6.07) is 4.38. The van der Waals surface area contributed by atoms with Gasteiger partial charge in [-0.2, -0.15) is 0 Å². The zero-order valence-corrected chi connectivity index (χ0v) is 8.75. The van der Waals surface area contributed by atoms with Crippen molar-refractivity contribution >= 4 is 5.97 Å². The Labute approximate surface area is 87.7 Å². The molecule has 1 N–H and O–H groups in total. The lowest BCUT2D eigenvalue weighted by Crippen LogP contribution is -2.14. The summed E-state index contributed by atoms with van der Waals surface area (Å²) in [4.78, 5) is 11.0. The third kappa shape index (κ3) is 1.52. The molecular formula is C12H13FO2. The van der Waals surface area contributed by atoms with Gasteiger partial charge in [0, 0.05) is 0 Å². The molecule has 2 nitrogen and oxygen atoms in total. The Morgan fingerprint density at radius 1 is 1.53 bits per heavy atom. The summed E-state index contributed by atoms with van der Waals surface area (Å²) in [5.74, 6) is -1.61. The number of aliphatic carboxylic acids is 1. The molecule has 3 heteroatoms. The molecule has 0 heterocycles. The molecule has 0 fully saturated rings. The lowest BCUT2D eigenvalue weighted by Gasteiger charge is -2.18. The van der Waals surface area contributed by atoms with E-state index in [-0.39, 0.29) is 11.2 Å². The molecule has 1 aliphatic rings. The fourth-order valence-corrected chi connectivity index (χ4v) is 2.37. The Bertz CT molecular complexity index is 424. The van der Waals surface area contributed by atoms with Crippen molar-refractivity contribution in [2.75, 3.05) is 0 Å². The third-order valence-corrected chi connectivity index (χ3v) is 3.13. The Hall–Kier alpha value is -1.38. The summed E-state index contributed by atoms with van der Waals surface area (Å²) in [7, 11) is 0. The second-order valence-electron chi connectivity index (χ2n) is 4.71. The molecule has 0 radical (unpaired) electrons. The van der Waals surface area contributed by atoms with E-state index < -0.39 is 11.9 Å². The normalized spacial score (nSPS) is 22.5. The molecular weight excluding hydrogens is 195 g/mol. The molecule has 1 aromatic rings. The van der Waals surface area contributed by atoms with Crippen molar-refractivity contribution in [2.24, 2.45) is 0 Å². The van der Waals surface area contributed by atoms with Crippen molar-refractivity contribution in [1.29, 1.82) is 0 Å². The maximum atomic E-state index is 13.1. The molecule has 0 spiro atoms. The van der Waals surface area contributed by atoms with Crippen LogP contribution in [0.15, 0.2) is 18.2 Å². The van der Waals surface area contributed by atoms with Gasteiger partial charge in [-0.1, -0.05) is 19.9 Å². The quantitative estimate of drug-likeness (QED) is 0.770. The molecule has 1 unspecified atom stereocenters. The number of carbonyl (C=O) groups is 1. The van der Waals surface area contributed by atoms with Crippen LogP contribution in [0.3, 0.4) is 0 Å². The second-order valence-corrected chi connectivity index (χ2v) is 4.71. The van der Waals surface area contributed by atoms with E-state index in [9.17, 15) is 9.18 Å². The zero-order chi connectivity index (χ0) is 11.2. The first-order valence-corrected chi connectivity index (χ1v) is 4.94. The van der Waals surface area contributed by atoms with Crippen molar-refractivity contribution in [3.8, 4) is 0 Å². The van der Waals surface area contributed by atoms with E-state index in [1.54, 1.807) is 6.07 Å². The van der Waals surface area contributed by atoms with Gasteiger partial charge in [-0.05, 0) is 35.1 Å². The summed E-state index contributed by atoms with van der Waals surface area (Å²) in [5, 5.41) is 9.07. The minimum Gasteiger partial charge on any atom is -0.481 e. The van der Waals surface area contributed by atoms with E-state index >= 15 is 0 Å². The third-order valence-electron chi connectivity index (χ3n) is 3.13. The number of carboxylic acid groups (broad SMARTS) is 1. The molecule has 1 atom stereocenters. The van der Waals surface area contributed by atoms with Crippen LogP contribution in [-0.4, -0.2) is 11.1 Å². The van der Waals surface area contributed by atoms with Crippen LogP contribution in [0.2, 0.25) is 0 Å². The molecule has 80 valence electrons. The maximum Gasteiger partial charge on any atom is 0.311 e. The van der Waals surface area contributed by atoms with Crippen molar-refractivity contribution in [2.45, 2.75) is 31.6 Å². The van der Waals surface area contributed by atoms with E-state index in [1.165, 1.54) is 12.1 Å². The average molecular weight is 208 g/mol. The standard InChI is InChI=1S/C12H13FO2/c1-12(2)6-9(11(14)15)8-4-3-7(13)5-10(8)12/h3-5,9H,6H2,1-2H3,(H,14,15).